The van der Waals surface area contributed by atoms with Crippen LogP contribution in [0.1, 0.15) is 22.2 Å². The molecular formula is C19H23N4OS2+. The first-order chi connectivity index (χ1) is 12.7. The van der Waals surface area contributed by atoms with Crippen LogP contribution in [0.15, 0.2) is 40.1 Å². The standard InChI is InChI=1S/C19H23N4OS2/c24-19(14-23-8-5-21(6-9-23)7-10-23)22-16(18-4-2-12-26-18)13-15(20-22)17-3-1-11-25-17/h1-4,11-12,16H,5-10,13-14H2/q+1/t16-/m0/s1. The molecule has 1 amide bonds. The summed E-state index contributed by atoms with van der Waals surface area (Å²) in [6.45, 7) is 7.29. The normalized spacial score (nSPS) is 30.6. The lowest BCUT2D eigenvalue weighted by atomic mass is 10.1. The molecule has 6 rings (SSSR count). The summed E-state index contributed by atoms with van der Waals surface area (Å²) in [5, 5.41) is 10.8. The van der Waals surface area contributed by atoms with Crippen molar-refractivity contribution in [2.24, 2.45) is 5.10 Å². The first kappa shape index (κ1) is 16.6. The lowest BCUT2D eigenvalue weighted by molar-refractivity contribution is -0.934. The van der Waals surface area contributed by atoms with Crippen LogP contribution in [0.3, 0.4) is 0 Å². The Morgan fingerprint density at radius 3 is 2.50 bits per heavy atom. The molecule has 0 saturated carbocycles. The lowest BCUT2D eigenvalue weighted by Crippen LogP contribution is -2.69. The molecule has 4 aliphatic rings. The molecule has 3 saturated heterocycles. The topological polar surface area (TPSA) is 35.9 Å². The second kappa shape index (κ2) is 6.56. The van der Waals surface area contributed by atoms with Gasteiger partial charge in [-0.05, 0) is 22.9 Å². The Balaban J connectivity index is 1.41. The van der Waals surface area contributed by atoms with Gasteiger partial charge in [0, 0.05) is 30.9 Å². The second-order valence-electron chi connectivity index (χ2n) is 7.51. The van der Waals surface area contributed by atoms with Crippen LogP contribution in [0, 0.1) is 0 Å². The number of amides is 1. The molecule has 6 heterocycles. The summed E-state index contributed by atoms with van der Waals surface area (Å²) >= 11 is 3.43. The van der Waals surface area contributed by atoms with Gasteiger partial charge in [0.1, 0.15) is 0 Å². The molecular weight excluding hydrogens is 364 g/mol. The molecule has 0 unspecified atom stereocenters. The van der Waals surface area contributed by atoms with Crippen LogP contribution >= 0.6 is 22.7 Å². The fraction of sp³-hybridized carbons (Fsp3) is 0.474. The van der Waals surface area contributed by atoms with Crippen LogP contribution < -0.4 is 0 Å². The number of carbonyl (C=O) groups is 1. The van der Waals surface area contributed by atoms with E-state index in [1.165, 1.54) is 9.75 Å². The second-order valence-corrected chi connectivity index (χ2v) is 9.44. The highest BCUT2D eigenvalue weighted by atomic mass is 32.1. The van der Waals surface area contributed by atoms with E-state index in [1.807, 2.05) is 0 Å². The maximum absolute atomic E-state index is 13.3. The minimum atomic E-state index is 0.0591. The van der Waals surface area contributed by atoms with Crippen LogP contribution in [-0.2, 0) is 4.79 Å². The zero-order valence-electron chi connectivity index (χ0n) is 14.7. The lowest BCUT2D eigenvalue weighted by Gasteiger charge is -2.50. The SMILES string of the molecule is O=C(C[N+]12CCN(CC1)CC2)N1N=C(c2cccs2)C[C@H]1c1cccs1. The van der Waals surface area contributed by atoms with E-state index in [9.17, 15) is 4.79 Å². The maximum Gasteiger partial charge on any atom is 0.298 e. The Bertz CT molecular complexity index is 793. The van der Waals surface area contributed by atoms with Crippen LogP contribution in [0.2, 0.25) is 0 Å². The molecule has 136 valence electrons. The van der Waals surface area contributed by atoms with Crippen molar-refractivity contribution in [3.8, 4) is 0 Å². The molecule has 26 heavy (non-hydrogen) atoms. The predicted octanol–water partition coefficient (Wildman–Crippen LogP) is 2.63. The number of quaternary nitrogens is 1. The zero-order valence-corrected chi connectivity index (χ0v) is 16.3. The van der Waals surface area contributed by atoms with E-state index in [-0.39, 0.29) is 11.9 Å². The van der Waals surface area contributed by atoms with Crippen molar-refractivity contribution in [2.75, 3.05) is 45.8 Å². The monoisotopic (exact) mass is 387 g/mol. The highest BCUT2D eigenvalue weighted by Gasteiger charge is 2.43. The molecule has 0 N–H and O–H groups in total. The van der Waals surface area contributed by atoms with Gasteiger partial charge in [-0.15, -0.1) is 22.7 Å². The Morgan fingerprint density at radius 1 is 1.12 bits per heavy atom. The maximum atomic E-state index is 13.3. The third-order valence-electron chi connectivity index (χ3n) is 5.99. The van der Waals surface area contributed by atoms with Crippen molar-refractivity contribution in [1.29, 1.82) is 0 Å². The smallest absolute Gasteiger partial charge is 0.298 e. The molecule has 2 bridgehead atoms. The number of rotatable bonds is 4. The van der Waals surface area contributed by atoms with Crippen molar-refractivity contribution >= 4 is 34.3 Å². The van der Waals surface area contributed by atoms with Gasteiger partial charge in [0.25, 0.3) is 5.91 Å². The Kier molecular flexibility index (Phi) is 4.20. The molecule has 5 nitrogen and oxygen atoms in total. The van der Waals surface area contributed by atoms with Gasteiger partial charge in [-0.3, -0.25) is 9.69 Å². The summed E-state index contributed by atoms with van der Waals surface area (Å²) in [6, 6.07) is 8.42. The van der Waals surface area contributed by atoms with Crippen LogP contribution in [0.4, 0.5) is 0 Å². The molecule has 0 spiro atoms. The minimum absolute atomic E-state index is 0.0591. The number of hydrogen-bond donors (Lipinski definition) is 0. The van der Waals surface area contributed by atoms with Crippen LogP contribution in [0.5, 0.6) is 0 Å². The van der Waals surface area contributed by atoms with E-state index in [2.05, 4.69) is 39.9 Å². The number of nitrogens with zero attached hydrogens (tertiary/aromatic N) is 4. The molecule has 0 aromatic carbocycles. The van der Waals surface area contributed by atoms with Gasteiger partial charge < -0.3 is 4.48 Å². The van der Waals surface area contributed by atoms with E-state index in [0.717, 1.165) is 55.9 Å². The van der Waals surface area contributed by atoms with Crippen molar-refractivity contribution in [1.82, 2.24) is 9.91 Å². The number of thiophene rings is 2. The highest BCUT2D eigenvalue weighted by molar-refractivity contribution is 7.12. The van der Waals surface area contributed by atoms with Gasteiger partial charge in [0.2, 0.25) is 0 Å². The predicted molar refractivity (Wildman–Crippen MR) is 106 cm³/mol. The Morgan fingerprint density at radius 2 is 1.85 bits per heavy atom. The number of carbonyl (C=O) groups excluding carboxylic acids is 1. The van der Waals surface area contributed by atoms with Gasteiger partial charge in [-0.1, -0.05) is 12.1 Å². The molecule has 1 atom stereocenters. The Hall–Kier alpha value is -1.54. The van der Waals surface area contributed by atoms with E-state index < -0.39 is 0 Å². The van der Waals surface area contributed by atoms with Gasteiger partial charge in [-0.25, -0.2) is 5.01 Å². The minimum Gasteiger partial charge on any atom is -0.313 e. The Labute approximate surface area is 161 Å². The first-order valence-electron chi connectivity index (χ1n) is 9.27. The number of fused-ring (bicyclic) bond motifs is 3. The van der Waals surface area contributed by atoms with E-state index in [4.69, 9.17) is 5.10 Å². The van der Waals surface area contributed by atoms with Crippen LogP contribution in [0.25, 0.3) is 0 Å². The fourth-order valence-electron chi connectivity index (χ4n) is 4.36. The van der Waals surface area contributed by atoms with E-state index >= 15 is 0 Å². The van der Waals surface area contributed by atoms with Gasteiger partial charge in [0.05, 0.1) is 36.3 Å². The van der Waals surface area contributed by atoms with Gasteiger partial charge in [-0.2, -0.15) is 5.10 Å². The molecule has 0 radical (unpaired) electrons. The van der Waals surface area contributed by atoms with Gasteiger partial charge >= 0.3 is 0 Å². The first-order valence-corrected chi connectivity index (χ1v) is 11.0. The molecule has 7 heteroatoms. The molecule has 2 aromatic heterocycles. The van der Waals surface area contributed by atoms with Gasteiger partial charge in [0.15, 0.2) is 6.54 Å². The summed E-state index contributed by atoms with van der Waals surface area (Å²) in [4.78, 5) is 18.2. The summed E-state index contributed by atoms with van der Waals surface area (Å²) in [7, 11) is 0. The molecule has 2 aromatic rings. The van der Waals surface area contributed by atoms with E-state index in [0.29, 0.717) is 6.54 Å². The van der Waals surface area contributed by atoms with Crippen molar-refractivity contribution < 1.29 is 9.28 Å². The molecule has 0 aliphatic carbocycles. The summed E-state index contributed by atoms with van der Waals surface area (Å²) < 4.78 is 0.951. The van der Waals surface area contributed by atoms with Crippen LogP contribution in [-0.4, -0.2) is 71.8 Å². The highest BCUT2D eigenvalue weighted by Crippen LogP contribution is 2.36. The van der Waals surface area contributed by atoms with E-state index in [1.54, 1.807) is 27.7 Å². The van der Waals surface area contributed by atoms with Crippen molar-refractivity contribution in [3.63, 3.8) is 0 Å². The van der Waals surface area contributed by atoms with Crippen molar-refractivity contribution in [2.45, 2.75) is 12.5 Å². The quantitative estimate of drug-likeness (QED) is 0.756. The average molecular weight is 388 g/mol. The number of hydrogen-bond acceptors (Lipinski definition) is 5. The summed E-state index contributed by atoms with van der Waals surface area (Å²) in [5.74, 6) is 0.185. The molecule has 3 fully saturated rings. The number of piperazine rings is 3. The molecule has 4 aliphatic heterocycles. The summed E-state index contributed by atoms with van der Waals surface area (Å²) in [6.07, 6.45) is 0.820. The summed E-state index contributed by atoms with van der Waals surface area (Å²) in [5.41, 5.74) is 1.05. The average Bonchev–Trinajstić information content (AvgIpc) is 3.42. The van der Waals surface area contributed by atoms with Crippen molar-refractivity contribution in [3.05, 3.63) is 44.8 Å². The zero-order chi connectivity index (χ0) is 17.6. The third-order valence-corrected chi connectivity index (χ3v) is 7.88. The fourth-order valence-corrected chi connectivity index (χ4v) is 5.90. The number of hydrazone groups is 1. The largest absolute Gasteiger partial charge is 0.313 e. The third kappa shape index (κ3) is 2.93.